The highest BCUT2D eigenvalue weighted by atomic mass is 35.5. The molecule has 0 atom stereocenters. The van der Waals surface area contributed by atoms with E-state index in [9.17, 15) is 4.79 Å². The van der Waals surface area contributed by atoms with Crippen LogP contribution in [0.4, 0.5) is 5.69 Å². The Kier molecular flexibility index (Phi) is 7.51. The molecule has 0 unspecified atom stereocenters. The molecule has 2 heterocycles. The van der Waals surface area contributed by atoms with E-state index >= 15 is 0 Å². The first kappa shape index (κ1) is 19.5. The van der Waals surface area contributed by atoms with Crippen molar-refractivity contribution in [2.75, 3.05) is 70.3 Å². The first-order valence-electron chi connectivity index (χ1n) is 8.66. The predicted octanol–water partition coefficient (Wildman–Crippen LogP) is 0.898. The van der Waals surface area contributed by atoms with Gasteiger partial charge in [0.05, 0.1) is 19.2 Å². The summed E-state index contributed by atoms with van der Waals surface area (Å²) < 4.78 is 0. The summed E-state index contributed by atoms with van der Waals surface area (Å²) in [5, 5.41) is 8.73. The molecule has 1 amide bonds. The third kappa shape index (κ3) is 5.33. The van der Waals surface area contributed by atoms with E-state index in [1.54, 1.807) is 0 Å². The zero-order chi connectivity index (χ0) is 16.8. The quantitative estimate of drug-likeness (QED) is 0.744. The van der Waals surface area contributed by atoms with Crippen molar-refractivity contribution >= 4 is 24.0 Å². The van der Waals surface area contributed by atoms with Gasteiger partial charge in [-0.05, 0) is 12.1 Å². The number of benzene rings is 1. The van der Waals surface area contributed by atoms with Crippen LogP contribution in [0.1, 0.15) is 0 Å². The fourth-order valence-electron chi connectivity index (χ4n) is 3.35. The van der Waals surface area contributed by atoms with Gasteiger partial charge in [0.25, 0.3) is 0 Å². The van der Waals surface area contributed by atoms with E-state index in [0.717, 1.165) is 52.4 Å². The summed E-state index contributed by atoms with van der Waals surface area (Å²) in [4.78, 5) is 21.2. The van der Waals surface area contributed by atoms with Gasteiger partial charge >= 0.3 is 0 Å². The summed E-state index contributed by atoms with van der Waals surface area (Å²) in [6.45, 7) is 7.87. The minimum atomic E-state index is 0. The molecule has 0 N–H and O–H groups in total. The molecule has 2 aliphatic rings. The van der Waals surface area contributed by atoms with E-state index in [1.807, 2.05) is 11.0 Å². The Morgan fingerprint density at radius 1 is 0.920 bits per heavy atom. The number of anilines is 1. The summed E-state index contributed by atoms with van der Waals surface area (Å²) in [6.07, 6.45) is 0. The van der Waals surface area contributed by atoms with Crippen molar-refractivity contribution in [3.05, 3.63) is 30.3 Å². The molecule has 2 saturated heterocycles. The smallest absolute Gasteiger partial charge is 0.236 e. The molecule has 0 aliphatic carbocycles. The average molecular weight is 364 g/mol. The van der Waals surface area contributed by atoms with Crippen LogP contribution >= 0.6 is 12.4 Å². The van der Waals surface area contributed by atoms with Crippen LogP contribution in [-0.2, 0) is 4.79 Å². The third-order valence-corrected chi connectivity index (χ3v) is 4.87. The lowest BCUT2D eigenvalue weighted by Crippen LogP contribution is -2.53. The second-order valence-corrected chi connectivity index (χ2v) is 6.41. The van der Waals surface area contributed by atoms with Gasteiger partial charge < -0.3 is 9.80 Å². The number of rotatable bonds is 4. The van der Waals surface area contributed by atoms with Crippen molar-refractivity contribution in [3.63, 3.8) is 0 Å². The molecule has 1 aromatic carbocycles. The van der Waals surface area contributed by atoms with Gasteiger partial charge in [0.1, 0.15) is 0 Å². The summed E-state index contributed by atoms with van der Waals surface area (Å²) in [5.74, 6) is 0.233. The molecule has 1 aromatic rings. The molecule has 0 bridgehead atoms. The van der Waals surface area contributed by atoms with E-state index < -0.39 is 0 Å². The fraction of sp³-hybridized carbons (Fsp3) is 0.556. The molecule has 0 saturated carbocycles. The maximum atomic E-state index is 12.5. The lowest BCUT2D eigenvalue weighted by atomic mass is 10.2. The molecule has 7 heteroatoms. The van der Waals surface area contributed by atoms with Crippen molar-refractivity contribution < 1.29 is 4.79 Å². The van der Waals surface area contributed by atoms with Crippen molar-refractivity contribution in [2.24, 2.45) is 0 Å². The molecular weight excluding hydrogens is 338 g/mol. The first-order valence-corrected chi connectivity index (χ1v) is 8.66. The molecule has 3 rings (SSSR count). The van der Waals surface area contributed by atoms with Crippen LogP contribution in [0.15, 0.2) is 30.3 Å². The summed E-state index contributed by atoms with van der Waals surface area (Å²) in [6, 6.07) is 12.6. The van der Waals surface area contributed by atoms with E-state index in [4.69, 9.17) is 5.26 Å². The van der Waals surface area contributed by atoms with Crippen molar-refractivity contribution in [2.45, 2.75) is 0 Å². The minimum Gasteiger partial charge on any atom is -0.368 e. The van der Waals surface area contributed by atoms with Crippen LogP contribution < -0.4 is 4.90 Å². The zero-order valence-electron chi connectivity index (χ0n) is 14.5. The largest absolute Gasteiger partial charge is 0.368 e. The maximum absolute atomic E-state index is 12.5. The Bertz CT molecular complexity index is 575. The first-order chi connectivity index (χ1) is 11.8. The highest BCUT2D eigenvalue weighted by molar-refractivity contribution is 5.85. The Morgan fingerprint density at radius 2 is 1.52 bits per heavy atom. The van der Waals surface area contributed by atoms with E-state index in [2.05, 4.69) is 45.0 Å². The number of carbonyl (C=O) groups excluding carboxylic acids is 1. The van der Waals surface area contributed by atoms with Gasteiger partial charge in [0.15, 0.2) is 0 Å². The number of hydrogen-bond donors (Lipinski definition) is 0. The topological polar surface area (TPSA) is 53.8 Å². The molecule has 25 heavy (non-hydrogen) atoms. The van der Waals surface area contributed by atoms with Gasteiger partial charge in [-0.25, -0.2) is 0 Å². The molecule has 0 radical (unpaired) electrons. The average Bonchev–Trinajstić information content (AvgIpc) is 2.64. The molecular formula is C18H26ClN5O. The number of para-hydroxylation sites is 1. The number of amides is 1. The number of nitriles is 1. The maximum Gasteiger partial charge on any atom is 0.236 e. The SMILES string of the molecule is Cl.N#CCN1CCN(CC(=O)N2CCN(c3ccccc3)CC2)CC1. The highest BCUT2D eigenvalue weighted by Crippen LogP contribution is 2.15. The lowest BCUT2D eigenvalue weighted by Gasteiger charge is -2.38. The van der Waals surface area contributed by atoms with Crippen LogP contribution in [0.25, 0.3) is 0 Å². The van der Waals surface area contributed by atoms with Crippen molar-refractivity contribution in [1.29, 1.82) is 5.26 Å². The van der Waals surface area contributed by atoms with E-state index in [0.29, 0.717) is 13.1 Å². The summed E-state index contributed by atoms with van der Waals surface area (Å²) >= 11 is 0. The Balaban J connectivity index is 0.00000225. The predicted molar refractivity (Wildman–Crippen MR) is 101 cm³/mol. The second kappa shape index (κ2) is 9.62. The number of nitrogens with zero attached hydrogens (tertiary/aromatic N) is 5. The number of hydrogen-bond acceptors (Lipinski definition) is 5. The number of halogens is 1. The molecule has 136 valence electrons. The minimum absolute atomic E-state index is 0. The highest BCUT2D eigenvalue weighted by Gasteiger charge is 2.24. The summed E-state index contributed by atoms with van der Waals surface area (Å²) in [7, 11) is 0. The zero-order valence-corrected chi connectivity index (χ0v) is 15.3. The molecule has 2 fully saturated rings. The monoisotopic (exact) mass is 363 g/mol. The van der Waals surface area contributed by atoms with Crippen molar-refractivity contribution in [1.82, 2.24) is 14.7 Å². The van der Waals surface area contributed by atoms with Gasteiger partial charge in [-0.3, -0.25) is 14.6 Å². The second-order valence-electron chi connectivity index (χ2n) is 6.41. The van der Waals surface area contributed by atoms with Crippen LogP contribution in [-0.4, -0.2) is 86.1 Å². The fourth-order valence-corrected chi connectivity index (χ4v) is 3.35. The van der Waals surface area contributed by atoms with Crippen molar-refractivity contribution in [3.8, 4) is 6.07 Å². The van der Waals surface area contributed by atoms with Crippen LogP contribution in [0.5, 0.6) is 0 Å². The number of carbonyl (C=O) groups is 1. The Hall–Kier alpha value is -1.81. The van der Waals surface area contributed by atoms with Gasteiger partial charge in [-0.15, -0.1) is 12.4 Å². The molecule has 6 nitrogen and oxygen atoms in total. The van der Waals surface area contributed by atoms with Gasteiger partial charge in [-0.1, -0.05) is 18.2 Å². The Morgan fingerprint density at radius 3 is 2.12 bits per heavy atom. The molecule has 2 aliphatic heterocycles. The number of piperazine rings is 2. The van der Waals surface area contributed by atoms with Crippen LogP contribution in [0.2, 0.25) is 0 Å². The van der Waals surface area contributed by atoms with E-state index in [1.165, 1.54) is 5.69 Å². The van der Waals surface area contributed by atoms with Gasteiger partial charge in [-0.2, -0.15) is 5.26 Å². The Labute approximate surface area is 156 Å². The van der Waals surface area contributed by atoms with Gasteiger partial charge in [0, 0.05) is 58.0 Å². The van der Waals surface area contributed by atoms with E-state index in [-0.39, 0.29) is 18.3 Å². The van der Waals surface area contributed by atoms with Gasteiger partial charge in [0.2, 0.25) is 5.91 Å². The normalized spacial score (nSPS) is 19.2. The summed E-state index contributed by atoms with van der Waals surface area (Å²) in [5.41, 5.74) is 1.23. The standard InChI is InChI=1S/C18H25N5O.ClH/c19-6-7-20-8-10-21(11-9-20)16-18(24)23-14-12-22(13-15-23)17-4-2-1-3-5-17;/h1-5H,7-16H2;1H. The van der Waals surface area contributed by atoms with Crippen LogP contribution in [0, 0.1) is 11.3 Å². The molecule has 0 aromatic heterocycles. The lowest BCUT2D eigenvalue weighted by molar-refractivity contribution is -0.133. The van der Waals surface area contributed by atoms with Crippen LogP contribution in [0.3, 0.4) is 0 Å². The third-order valence-electron chi connectivity index (χ3n) is 4.87. The molecule has 0 spiro atoms.